The molecule has 12 heteroatoms. The number of carbonyl (C=O) groups excluding carboxylic acids is 1. The molecular formula is C30H27ClF3NO5S2. The van der Waals surface area contributed by atoms with Crippen LogP contribution in [0.25, 0.3) is 20.5 Å². The zero-order chi connectivity index (χ0) is 30.1. The highest BCUT2D eigenvalue weighted by Crippen LogP contribution is 2.42. The predicted molar refractivity (Wildman–Crippen MR) is 158 cm³/mol. The molecule has 1 fully saturated rings. The number of thiophene rings is 1. The van der Waals surface area contributed by atoms with Crippen LogP contribution in [0.4, 0.5) is 13.2 Å². The highest BCUT2D eigenvalue weighted by molar-refractivity contribution is 7.88. The van der Waals surface area contributed by atoms with Gasteiger partial charge in [0.2, 0.25) is 0 Å². The summed E-state index contributed by atoms with van der Waals surface area (Å²) in [7, 11) is -5.85. The molecule has 1 aliphatic heterocycles. The zero-order valence-electron chi connectivity index (χ0n) is 22.5. The summed E-state index contributed by atoms with van der Waals surface area (Å²) in [6.07, 6.45) is 3.67. The Bertz CT molecular complexity index is 1710. The molecule has 0 bridgehead atoms. The number of aryl methyl sites for hydroxylation is 1. The quantitative estimate of drug-likeness (QED) is 0.106. The lowest BCUT2D eigenvalue weighted by molar-refractivity contribution is -0.0500. The van der Waals surface area contributed by atoms with Gasteiger partial charge in [-0.25, -0.2) is 0 Å². The normalized spacial score (nSPS) is 14.7. The third-order valence-corrected chi connectivity index (χ3v) is 9.64. The fourth-order valence-corrected chi connectivity index (χ4v) is 6.63. The van der Waals surface area contributed by atoms with Gasteiger partial charge in [-0.05, 0) is 98.6 Å². The predicted octanol–water partition coefficient (Wildman–Crippen LogP) is 7.85. The summed E-state index contributed by atoms with van der Waals surface area (Å²) < 4.78 is 72.4. The molecule has 42 heavy (non-hydrogen) atoms. The standard InChI is InChI=1S/C30H27ClF3NO5S2/c1-19-17-21(7-12-25(19)31)29-27(24-11-10-23(18-26(24)41-29)40-42(37,38)30(32,33)34)28(36)20-5-8-22(9-6-20)39-16-15-35-13-3-2-4-14-35/h5-12,17-18H,2-4,13-16H2,1H3. The zero-order valence-corrected chi connectivity index (χ0v) is 24.9. The minimum atomic E-state index is -5.85. The Labute approximate surface area is 250 Å². The lowest BCUT2D eigenvalue weighted by atomic mass is 9.97. The summed E-state index contributed by atoms with van der Waals surface area (Å²) in [6.45, 7) is 5.34. The van der Waals surface area contributed by atoms with Crippen molar-refractivity contribution < 1.29 is 35.3 Å². The van der Waals surface area contributed by atoms with Crippen molar-refractivity contribution in [2.75, 3.05) is 26.2 Å². The van der Waals surface area contributed by atoms with Gasteiger partial charge in [-0.15, -0.1) is 11.3 Å². The molecule has 1 aliphatic rings. The molecule has 0 spiro atoms. The number of likely N-dealkylation sites (tertiary alicyclic amines) is 1. The largest absolute Gasteiger partial charge is 0.534 e. The second kappa shape index (κ2) is 12.2. The van der Waals surface area contributed by atoms with Crippen LogP contribution >= 0.6 is 22.9 Å². The van der Waals surface area contributed by atoms with Crippen molar-refractivity contribution in [2.45, 2.75) is 31.7 Å². The number of nitrogens with zero attached hydrogens (tertiary/aromatic N) is 1. The van der Waals surface area contributed by atoms with Crippen LogP contribution in [-0.4, -0.2) is 50.9 Å². The maximum Gasteiger partial charge on any atom is 0.534 e. The van der Waals surface area contributed by atoms with E-state index in [1.807, 2.05) is 13.0 Å². The molecule has 5 rings (SSSR count). The third kappa shape index (κ3) is 6.59. The highest BCUT2D eigenvalue weighted by Gasteiger charge is 2.48. The summed E-state index contributed by atoms with van der Waals surface area (Å²) in [5.74, 6) is -0.176. The van der Waals surface area contributed by atoms with Crippen LogP contribution in [0.3, 0.4) is 0 Å². The van der Waals surface area contributed by atoms with E-state index in [0.717, 1.165) is 42.6 Å². The van der Waals surface area contributed by atoms with E-state index < -0.39 is 21.4 Å². The molecule has 6 nitrogen and oxygen atoms in total. The summed E-state index contributed by atoms with van der Waals surface area (Å²) in [4.78, 5) is 16.8. The Hall–Kier alpha value is -3.12. The summed E-state index contributed by atoms with van der Waals surface area (Å²) in [5.41, 5.74) is -3.39. The number of halogens is 4. The molecule has 0 amide bonds. The van der Waals surface area contributed by atoms with Gasteiger partial charge in [-0.2, -0.15) is 21.6 Å². The van der Waals surface area contributed by atoms with Gasteiger partial charge in [-0.1, -0.05) is 24.1 Å². The van der Waals surface area contributed by atoms with Crippen LogP contribution in [0.15, 0.2) is 60.7 Å². The molecule has 0 atom stereocenters. The van der Waals surface area contributed by atoms with Crippen LogP contribution in [0.5, 0.6) is 11.5 Å². The van der Waals surface area contributed by atoms with Crippen molar-refractivity contribution in [1.82, 2.24) is 4.90 Å². The Morgan fingerprint density at radius 3 is 2.33 bits per heavy atom. The number of ketones is 1. The fourth-order valence-electron chi connectivity index (χ4n) is 4.84. The average Bonchev–Trinajstić information content (AvgIpc) is 3.33. The van der Waals surface area contributed by atoms with E-state index in [0.29, 0.717) is 49.0 Å². The molecular weight excluding hydrogens is 611 g/mol. The van der Waals surface area contributed by atoms with E-state index in [-0.39, 0.29) is 5.78 Å². The minimum absolute atomic E-state index is 0.305. The van der Waals surface area contributed by atoms with Crippen LogP contribution < -0.4 is 8.92 Å². The van der Waals surface area contributed by atoms with Crippen molar-refractivity contribution in [3.05, 3.63) is 82.4 Å². The molecule has 222 valence electrons. The Kier molecular flexibility index (Phi) is 8.84. The molecule has 0 unspecified atom stereocenters. The van der Waals surface area contributed by atoms with Crippen molar-refractivity contribution in [2.24, 2.45) is 0 Å². The number of rotatable bonds is 9. The number of fused-ring (bicyclic) bond motifs is 1. The number of ether oxygens (including phenoxy) is 1. The van der Waals surface area contributed by atoms with Crippen LogP contribution in [0, 0.1) is 6.92 Å². The van der Waals surface area contributed by atoms with Crippen molar-refractivity contribution >= 4 is 48.9 Å². The average molecular weight is 638 g/mol. The topological polar surface area (TPSA) is 72.9 Å². The maximum atomic E-state index is 13.9. The number of carbonyl (C=O) groups is 1. The van der Waals surface area contributed by atoms with Gasteiger partial charge in [0, 0.05) is 37.7 Å². The molecule has 4 aromatic rings. The summed E-state index contributed by atoms with van der Waals surface area (Å²) in [6, 6.07) is 15.8. The van der Waals surface area contributed by atoms with Gasteiger partial charge < -0.3 is 8.92 Å². The Morgan fingerprint density at radius 1 is 0.976 bits per heavy atom. The van der Waals surface area contributed by atoms with E-state index in [1.165, 1.54) is 31.4 Å². The number of benzene rings is 3. The van der Waals surface area contributed by atoms with Crippen LogP contribution in [-0.2, 0) is 10.1 Å². The van der Waals surface area contributed by atoms with Gasteiger partial charge in [0.1, 0.15) is 18.1 Å². The van der Waals surface area contributed by atoms with Gasteiger partial charge >= 0.3 is 15.6 Å². The molecule has 1 saturated heterocycles. The summed E-state index contributed by atoms with van der Waals surface area (Å²) >= 11 is 7.36. The van der Waals surface area contributed by atoms with E-state index in [9.17, 15) is 26.4 Å². The number of hydrogen-bond donors (Lipinski definition) is 0. The molecule has 0 N–H and O–H groups in total. The van der Waals surface area contributed by atoms with Crippen LogP contribution in [0.1, 0.15) is 40.7 Å². The van der Waals surface area contributed by atoms with E-state index >= 15 is 0 Å². The third-order valence-electron chi connectivity index (χ3n) is 7.04. The lowest BCUT2D eigenvalue weighted by Crippen LogP contribution is -2.33. The summed E-state index contributed by atoms with van der Waals surface area (Å²) in [5, 5.41) is 0.989. The Morgan fingerprint density at radius 2 is 1.67 bits per heavy atom. The first-order chi connectivity index (χ1) is 19.9. The molecule has 0 radical (unpaired) electrons. The minimum Gasteiger partial charge on any atom is -0.492 e. The number of hydrogen-bond acceptors (Lipinski definition) is 7. The molecule has 3 aromatic carbocycles. The van der Waals surface area contributed by atoms with Gasteiger partial charge in [-0.3, -0.25) is 9.69 Å². The van der Waals surface area contributed by atoms with E-state index in [1.54, 1.807) is 36.4 Å². The number of piperidine rings is 1. The first-order valence-electron chi connectivity index (χ1n) is 13.3. The first kappa shape index (κ1) is 30.3. The first-order valence-corrected chi connectivity index (χ1v) is 15.9. The number of alkyl halides is 3. The van der Waals surface area contributed by atoms with Crippen molar-refractivity contribution in [3.8, 4) is 21.9 Å². The van der Waals surface area contributed by atoms with E-state index in [4.69, 9.17) is 16.3 Å². The molecule has 0 saturated carbocycles. The van der Waals surface area contributed by atoms with Crippen LogP contribution in [0.2, 0.25) is 5.02 Å². The van der Waals surface area contributed by atoms with Crippen molar-refractivity contribution in [3.63, 3.8) is 0 Å². The second-order valence-corrected chi connectivity index (χ2v) is 13.0. The SMILES string of the molecule is Cc1cc(-c2sc3cc(OS(=O)(=O)C(F)(F)F)ccc3c2C(=O)c2ccc(OCCN3CCCCC3)cc2)ccc1Cl. The molecule has 1 aromatic heterocycles. The fraction of sp³-hybridized carbons (Fsp3) is 0.300. The van der Waals surface area contributed by atoms with Gasteiger partial charge in [0.15, 0.2) is 5.78 Å². The molecule has 0 aliphatic carbocycles. The molecule has 2 heterocycles. The smallest absolute Gasteiger partial charge is 0.492 e. The highest BCUT2D eigenvalue weighted by atomic mass is 35.5. The Balaban J connectivity index is 1.46. The van der Waals surface area contributed by atoms with Gasteiger partial charge in [0.05, 0.1) is 0 Å². The van der Waals surface area contributed by atoms with E-state index in [2.05, 4.69) is 9.08 Å². The maximum absolute atomic E-state index is 13.9. The monoisotopic (exact) mass is 637 g/mol. The van der Waals surface area contributed by atoms with Crippen molar-refractivity contribution in [1.29, 1.82) is 0 Å². The second-order valence-electron chi connectivity index (χ2n) is 10.0. The van der Waals surface area contributed by atoms with Gasteiger partial charge in [0.25, 0.3) is 0 Å². The lowest BCUT2D eigenvalue weighted by Gasteiger charge is -2.26.